The van der Waals surface area contributed by atoms with Gasteiger partial charge in [0.25, 0.3) is 0 Å². The normalized spacial score (nSPS) is 11.2. The molecule has 0 aliphatic rings. The highest BCUT2D eigenvalue weighted by Gasteiger charge is 2.14. The topological polar surface area (TPSA) is 77.8 Å². The summed E-state index contributed by atoms with van der Waals surface area (Å²) in [5, 5.41) is 14.8. The number of hydrogen-bond donors (Lipinski definition) is 2. The fourth-order valence-corrected chi connectivity index (χ4v) is 1.82. The smallest absolute Gasteiger partial charge is 0.242 e. The monoisotopic (exact) mass is 280 g/mol. The van der Waals surface area contributed by atoms with Crippen LogP contribution in [-0.4, -0.2) is 16.9 Å². The molecule has 5 nitrogen and oxygen atoms in total. The number of pyridine rings is 1. The predicted octanol–water partition coefficient (Wildman–Crippen LogP) is 2.07. The standard InChI is InChI=1S/C16H16N4O/c1-12(20-15-14(10-17)8-5-9-18-15)16(21)19-11-13-6-3-2-4-7-13/h2-9,12H,11H2,1H3,(H,18,20)(H,19,21). The van der Waals surface area contributed by atoms with Gasteiger partial charge in [-0.25, -0.2) is 4.98 Å². The van der Waals surface area contributed by atoms with Crippen LogP contribution >= 0.6 is 0 Å². The Balaban J connectivity index is 1.92. The van der Waals surface area contributed by atoms with Crippen LogP contribution in [0, 0.1) is 11.3 Å². The zero-order valence-corrected chi connectivity index (χ0v) is 11.7. The summed E-state index contributed by atoms with van der Waals surface area (Å²) in [5.74, 6) is 0.274. The SMILES string of the molecule is CC(Nc1ncccc1C#N)C(=O)NCc1ccccc1. The summed E-state index contributed by atoms with van der Waals surface area (Å²) in [5.41, 5.74) is 1.45. The van der Waals surface area contributed by atoms with Crippen LogP contribution < -0.4 is 10.6 Å². The molecule has 2 N–H and O–H groups in total. The lowest BCUT2D eigenvalue weighted by molar-refractivity contribution is -0.121. The van der Waals surface area contributed by atoms with Crippen molar-refractivity contribution in [1.82, 2.24) is 10.3 Å². The Morgan fingerprint density at radius 1 is 1.29 bits per heavy atom. The first-order chi connectivity index (χ1) is 10.2. The van der Waals surface area contributed by atoms with Gasteiger partial charge >= 0.3 is 0 Å². The molecule has 0 aliphatic carbocycles. The first kappa shape index (κ1) is 14.5. The van der Waals surface area contributed by atoms with Gasteiger partial charge in [0.1, 0.15) is 17.9 Å². The zero-order valence-electron chi connectivity index (χ0n) is 11.7. The maximum atomic E-state index is 12.0. The summed E-state index contributed by atoms with van der Waals surface area (Å²) in [7, 11) is 0. The summed E-state index contributed by atoms with van der Waals surface area (Å²) in [6.45, 7) is 2.20. The minimum absolute atomic E-state index is 0.145. The molecule has 2 rings (SSSR count). The Hall–Kier alpha value is -2.87. The molecule has 1 atom stereocenters. The van der Waals surface area contributed by atoms with Crippen LogP contribution in [0.1, 0.15) is 18.1 Å². The molecule has 0 radical (unpaired) electrons. The van der Waals surface area contributed by atoms with E-state index in [1.54, 1.807) is 25.3 Å². The van der Waals surface area contributed by atoms with Crippen molar-refractivity contribution in [2.45, 2.75) is 19.5 Å². The predicted molar refractivity (Wildman–Crippen MR) is 80.3 cm³/mol. The van der Waals surface area contributed by atoms with E-state index in [0.717, 1.165) is 5.56 Å². The molecule has 1 heterocycles. The van der Waals surface area contributed by atoms with Crippen molar-refractivity contribution < 1.29 is 4.79 Å². The number of carbonyl (C=O) groups excluding carboxylic acids is 1. The number of nitrogens with zero attached hydrogens (tertiary/aromatic N) is 2. The maximum absolute atomic E-state index is 12.0. The van der Waals surface area contributed by atoms with Gasteiger partial charge in [-0.3, -0.25) is 4.79 Å². The number of amides is 1. The average Bonchev–Trinajstić information content (AvgIpc) is 2.54. The maximum Gasteiger partial charge on any atom is 0.242 e. The Morgan fingerprint density at radius 3 is 2.76 bits per heavy atom. The molecular weight excluding hydrogens is 264 g/mol. The summed E-state index contributed by atoms with van der Waals surface area (Å²) in [4.78, 5) is 16.1. The van der Waals surface area contributed by atoms with Crippen molar-refractivity contribution in [3.8, 4) is 6.07 Å². The zero-order chi connectivity index (χ0) is 15.1. The quantitative estimate of drug-likeness (QED) is 0.879. The first-order valence-electron chi connectivity index (χ1n) is 6.64. The van der Waals surface area contributed by atoms with Gasteiger partial charge < -0.3 is 10.6 Å². The summed E-state index contributed by atoms with van der Waals surface area (Å²) >= 11 is 0. The summed E-state index contributed by atoms with van der Waals surface area (Å²) in [6, 6.07) is 14.6. The van der Waals surface area contributed by atoms with Gasteiger partial charge in [-0.1, -0.05) is 30.3 Å². The Bertz CT molecular complexity index is 649. The van der Waals surface area contributed by atoms with Crippen molar-refractivity contribution in [3.63, 3.8) is 0 Å². The van der Waals surface area contributed by atoms with E-state index in [-0.39, 0.29) is 5.91 Å². The number of anilines is 1. The minimum Gasteiger partial charge on any atom is -0.358 e. The fourth-order valence-electron chi connectivity index (χ4n) is 1.82. The molecule has 0 saturated carbocycles. The summed E-state index contributed by atoms with van der Waals surface area (Å²) < 4.78 is 0. The number of nitrogens with one attached hydrogen (secondary N) is 2. The highest BCUT2D eigenvalue weighted by molar-refractivity contribution is 5.84. The summed E-state index contributed by atoms with van der Waals surface area (Å²) in [6.07, 6.45) is 1.58. The lowest BCUT2D eigenvalue weighted by atomic mass is 10.2. The molecule has 5 heteroatoms. The molecule has 0 bridgehead atoms. The van der Waals surface area contributed by atoms with Crippen molar-refractivity contribution in [1.29, 1.82) is 5.26 Å². The fraction of sp³-hybridized carbons (Fsp3) is 0.188. The molecule has 0 saturated heterocycles. The second-order valence-electron chi connectivity index (χ2n) is 4.58. The third-order valence-electron chi connectivity index (χ3n) is 2.98. The Labute approximate surface area is 123 Å². The molecule has 1 aromatic carbocycles. The van der Waals surface area contributed by atoms with E-state index < -0.39 is 6.04 Å². The van der Waals surface area contributed by atoms with Gasteiger partial charge in [0.15, 0.2) is 0 Å². The molecular formula is C16H16N4O. The van der Waals surface area contributed by atoms with Crippen LogP contribution in [0.25, 0.3) is 0 Å². The molecule has 1 unspecified atom stereocenters. The lowest BCUT2D eigenvalue weighted by Crippen LogP contribution is -2.37. The second kappa shape index (κ2) is 7.06. The number of hydrogen-bond acceptors (Lipinski definition) is 4. The van der Waals surface area contributed by atoms with Gasteiger partial charge in [0.2, 0.25) is 5.91 Å². The molecule has 0 spiro atoms. The molecule has 21 heavy (non-hydrogen) atoms. The third kappa shape index (κ3) is 4.05. The van der Waals surface area contributed by atoms with Crippen LogP contribution in [0.5, 0.6) is 0 Å². The van der Waals surface area contributed by atoms with E-state index >= 15 is 0 Å². The van der Waals surface area contributed by atoms with Crippen LogP contribution in [0.4, 0.5) is 5.82 Å². The second-order valence-corrected chi connectivity index (χ2v) is 4.58. The first-order valence-corrected chi connectivity index (χ1v) is 6.64. The number of carbonyl (C=O) groups is 1. The van der Waals surface area contributed by atoms with E-state index in [4.69, 9.17) is 5.26 Å². The molecule has 2 aromatic rings. The number of aromatic nitrogens is 1. The Morgan fingerprint density at radius 2 is 2.05 bits per heavy atom. The van der Waals surface area contributed by atoms with Crippen LogP contribution in [0.2, 0.25) is 0 Å². The van der Waals surface area contributed by atoms with E-state index in [0.29, 0.717) is 17.9 Å². The molecule has 1 aromatic heterocycles. The molecule has 0 aliphatic heterocycles. The van der Waals surface area contributed by atoms with Gasteiger partial charge in [0.05, 0.1) is 5.56 Å². The lowest BCUT2D eigenvalue weighted by Gasteiger charge is -2.15. The number of nitriles is 1. The molecule has 1 amide bonds. The molecule has 106 valence electrons. The largest absolute Gasteiger partial charge is 0.358 e. The number of rotatable bonds is 5. The van der Waals surface area contributed by atoms with Gasteiger partial charge in [0, 0.05) is 12.7 Å². The van der Waals surface area contributed by atoms with E-state index in [1.807, 2.05) is 36.4 Å². The number of benzene rings is 1. The van der Waals surface area contributed by atoms with Crippen LogP contribution in [0.15, 0.2) is 48.7 Å². The molecule has 0 fully saturated rings. The van der Waals surface area contributed by atoms with Crippen LogP contribution in [0.3, 0.4) is 0 Å². The van der Waals surface area contributed by atoms with Crippen molar-refractivity contribution in [2.24, 2.45) is 0 Å². The van der Waals surface area contributed by atoms with Crippen molar-refractivity contribution in [2.75, 3.05) is 5.32 Å². The highest BCUT2D eigenvalue weighted by Crippen LogP contribution is 2.11. The van der Waals surface area contributed by atoms with Gasteiger partial charge in [-0.05, 0) is 24.6 Å². The van der Waals surface area contributed by atoms with E-state index in [1.165, 1.54) is 0 Å². The Kier molecular flexibility index (Phi) is 4.89. The van der Waals surface area contributed by atoms with E-state index in [9.17, 15) is 4.79 Å². The third-order valence-corrected chi connectivity index (χ3v) is 2.98. The van der Waals surface area contributed by atoms with Gasteiger partial charge in [-0.2, -0.15) is 5.26 Å². The van der Waals surface area contributed by atoms with Crippen molar-refractivity contribution in [3.05, 3.63) is 59.8 Å². The van der Waals surface area contributed by atoms with E-state index in [2.05, 4.69) is 15.6 Å². The van der Waals surface area contributed by atoms with Crippen molar-refractivity contribution >= 4 is 11.7 Å². The highest BCUT2D eigenvalue weighted by atomic mass is 16.2. The van der Waals surface area contributed by atoms with Gasteiger partial charge in [-0.15, -0.1) is 0 Å². The average molecular weight is 280 g/mol. The minimum atomic E-state index is -0.476. The van der Waals surface area contributed by atoms with Crippen LogP contribution in [-0.2, 0) is 11.3 Å².